The molecule has 2 heterocycles. The molecule has 1 amide bonds. The number of halogens is 1. The lowest BCUT2D eigenvalue weighted by Gasteiger charge is -2.26. The summed E-state index contributed by atoms with van der Waals surface area (Å²) in [6, 6.07) is 15.8. The van der Waals surface area contributed by atoms with E-state index in [2.05, 4.69) is 44.7 Å². The lowest BCUT2D eigenvalue weighted by molar-refractivity contribution is 0.0383. The normalized spacial score (nSPS) is 17.6. The van der Waals surface area contributed by atoms with Gasteiger partial charge in [-0.1, -0.05) is 41.9 Å². The molecule has 1 saturated heterocycles. The number of hydrogen-bond donors (Lipinski definition) is 1. The Balaban J connectivity index is 1.29. The fourth-order valence-corrected chi connectivity index (χ4v) is 4.86. The maximum atomic E-state index is 12.6. The molecule has 1 aliphatic carbocycles. The number of aromatic nitrogens is 3. The van der Waals surface area contributed by atoms with Crippen LogP contribution >= 0.6 is 11.6 Å². The monoisotopic (exact) mass is 465 g/mol. The minimum Gasteiger partial charge on any atom is -0.379 e. The van der Waals surface area contributed by atoms with E-state index in [1.165, 1.54) is 5.56 Å². The lowest BCUT2D eigenvalue weighted by Crippen LogP contribution is -2.41. The van der Waals surface area contributed by atoms with Crippen LogP contribution in [-0.4, -0.2) is 65.0 Å². The molecule has 2 fully saturated rings. The molecule has 0 bridgehead atoms. The summed E-state index contributed by atoms with van der Waals surface area (Å²) in [5.41, 5.74) is 2.50. The van der Waals surface area contributed by atoms with Crippen LogP contribution in [0.1, 0.15) is 34.6 Å². The first kappa shape index (κ1) is 22.1. The van der Waals surface area contributed by atoms with E-state index in [9.17, 15) is 4.79 Å². The Morgan fingerprint density at radius 3 is 2.58 bits per heavy atom. The van der Waals surface area contributed by atoms with E-state index in [4.69, 9.17) is 16.3 Å². The van der Waals surface area contributed by atoms with Gasteiger partial charge in [-0.2, -0.15) is 0 Å². The molecule has 5 rings (SSSR count). The van der Waals surface area contributed by atoms with Crippen molar-refractivity contribution in [2.75, 3.05) is 39.4 Å². The number of nitrogens with zero attached hydrogens (tertiary/aromatic N) is 4. The van der Waals surface area contributed by atoms with E-state index >= 15 is 0 Å². The third-order valence-corrected chi connectivity index (χ3v) is 6.98. The second-order valence-corrected chi connectivity index (χ2v) is 9.17. The number of amides is 1. The molecule has 2 aliphatic rings. The predicted molar refractivity (Wildman–Crippen MR) is 127 cm³/mol. The Labute approximate surface area is 198 Å². The van der Waals surface area contributed by atoms with Gasteiger partial charge in [0, 0.05) is 44.4 Å². The summed E-state index contributed by atoms with van der Waals surface area (Å²) in [6.45, 7) is 4.71. The van der Waals surface area contributed by atoms with Crippen LogP contribution in [0.4, 0.5) is 0 Å². The van der Waals surface area contributed by atoms with E-state index in [1.54, 1.807) is 12.1 Å². The maximum Gasteiger partial charge on any atom is 0.251 e. The highest BCUT2D eigenvalue weighted by molar-refractivity contribution is 6.33. The second kappa shape index (κ2) is 9.25. The highest BCUT2D eigenvalue weighted by atomic mass is 35.5. The number of carbonyl (C=O) groups is 1. The second-order valence-electron chi connectivity index (χ2n) is 8.76. The van der Waals surface area contributed by atoms with Crippen molar-refractivity contribution in [2.45, 2.75) is 18.3 Å². The van der Waals surface area contributed by atoms with Crippen molar-refractivity contribution in [3.8, 4) is 11.4 Å². The van der Waals surface area contributed by atoms with Gasteiger partial charge in [0.25, 0.3) is 5.91 Å². The average molecular weight is 466 g/mol. The molecular weight excluding hydrogens is 438 g/mol. The highest BCUT2D eigenvalue weighted by Gasteiger charge is 2.49. The van der Waals surface area contributed by atoms with Crippen LogP contribution < -0.4 is 5.32 Å². The van der Waals surface area contributed by atoms with Gasteiger partial charge < -0.3 is 14.6 Å². The fraction of sp³-hybridized carbons (Fsp3) is 0.400. The quantitative estimate of drug-likeness (QED) is 0.579. The summed E-state index contributed by atoms with van der Waals surface area (Å²) in [5, 5.41) is 12.5. The molecule has 8 heteroatoms. The molecule has 7 nitrogen and oxygen atoms in total. The molecule has 0 spiro atoms. The Hall–Kier alpha value is -2.74. The SMILES string of the molecule is Cn1c(-c2ccc(C(=O)NCCN3CCOCC3)cc2Cl)nnc1C1(c2ccccc2)CC1. The number of ether oxygens (including phenoxy) is 1. The molecular formula is C25H28ClN5O2. The van der Waals surface area contributed by atoms with Crippen LogP contribution in [0.2, 0.25) is 5.02 Å². The topological polar surface area (TPSA) is 72.3 Å². The molecule has 1 aliphatic heterocycles. The number of carbonyl (C=O) groups excluding carboxylic acids is 1. The summed E-state index contributed by atoms with van der Waals surface area (Å²) in [7, 11) is 1.98. The third-order valence-electron chi connectivity index (χ3n) is 6.67. The smallest absolute Gasteiger partial charge is 0.251 e. The van der Waals surface area contributed by atoms with Gasteiger partial charge in [0.2, 0.25) is 0 Å². The first-order chi connectivity index (χ1) is 16.1. The zero-order valence-corrected chi connectivity index (χ0v) is 19.5. The minimum atomic E-state index is -0.128. The van der Waals surface area contributed by atoms with Crippen molar-refractivity contribution in [3.63, 3.8) is 0 Å². The summed E-state index contributed by atoms with van der Waals surface area (Å²) in [4.78, 5) is 14.9. The molecule has 1 saturated carbocycles. The zero-order valence-electron chi connectivity index (χ0n) is 18.8. The number of morpholine rings is 1. The van der Waals surface area contributed by atoms with Gasteiger partial charge >= 0.3 is 0 Å². The molecule has 1 N–H and O–H groups in total. The van der Waals surface area contributed by atoms with E-state index in [0.29, 0.717) is 23.0 Å². The Morgan fingerprint density at radius 1 is 1.12 bits per heavy atom. The number of benzene rings is 2. The van der Waals surface area contributed by atoms with Gasteiger partial charge in [0.05, 0.1) is 23.7 Å². The maximum absolute atomic E-state index is 12.6. The van der Waals surface area contributed by atoms with Crippen molar-refractivity contribution in [1.29, 1.82) is 0 Å². The van der Waals surface area contributed by atoms with Crippen LogP contribution in [0.25, 0.3) is 11.4 Å². The van der Waals surface area contributed by atoms with Crippen LogP contribution in [0.5, 0.6) is 0 Å². The van der Waals surface area contributed by atoms with Crippen LogP contribution in [0, 0.1) is 0 Å². The van der Waals surface area contributed by atoms with Gasteiger partial charge in [0.15, 0.2) is 5.82 Å². The molecule has 0 atom stereocenters. The molecule has 33 heavy (non-hydrogen) atoms. The van der Waals surface area contributed by atoms with Gasteiger partial charge in [-0.15, -0.1) is 10.2 Å². The van der Waals surface area contributed by atoms with Crippen LogP contribution in [0.15, 0.2) is 48.5 Å². The number of rotatable bonds is 7. The highest BCUT2D eigenvalue weighted by Crippen LogP contribution is 2.53. The van der Waals surface area contributed by atoms with Gasteiger partial charge in [-0.05, 0) is 36.6 Å². The summed E-state index contributed by atoms with van der Waals surface area (Å²) in [5.74, 6) is 1.53. The van der Waals surface area contributed by atoms with Crippen molar-refractivity contribution >= 4 is 17.5 Å². The van der Waals surface area contributed by atoms with Crippen molar-refractivity contribution < 1.29 is 9.53 Å². The number of hydrogen-bond acceptors (Lipinski definition) is 5. The first-order valence-corrected chi connectivity index (χ1v) is 11.8. The lowest BCUT2D eigenvalue weighted by atomic mass is 9.95. The third kappa shape index (κ3) is 4.40. The summed E-state index contributed by atoms with van der Waals surface area (Å²) >= 11 is 6.61. The summed E-state index contributed by atoms with van der Waals surface area (Å²) < 4.78 is 7.39. The largest absolute Gasteiger partial charge is 0.379 e. The average Bonchev–Trinajstić information content (AvgIpc) is 3.56. The van der Waals surface area contributed by atoms with Crippen molar-refractivity contribution in [3.05, 3.63) is 70.5 Å². The molecule has 2 aromatic carbocycles. The van der Waals surface area contributed by atoms with E-state index < -0.39 is 0 Å². The van der Waals surface area contributed by atoms with E-state index in [-0.39, 0.29) is 11.3 Å². The van der Waals surface area contributed by atoms with Gasteiger partial charge in [0.1, 0.15) is 5.82 Å². The molecule has 1 aromatic heterocycles. The Kier molecular flexibility index (Phi) is 6.19. The predicted octanol–water partition coefficient (Wildman–Crippen LogP) is 3.28. The zero-order chi connectivity index (χ0) is 22.8. The Bertz CT molecular complexity index is 1140. The minimum absolute atomic E-state index is 0.0754. The van der Waals surface area contributed by atoms with E-state index in [0.717, 1.165) is 57.1 Å². The molecule has 172 valence electrons. The molecule has 3 aromatic rings. The number of nitrogens with one attached hydrogen (secondary N) is 1. The first-order valence-electron chi connectivity index (χ1n) is 11.4. The van der Waals surface area contributed by atoms with Gasteiger partial charge in [-0.3, -0.25) is 9.69 Å². The fourth-order valence-electron chi connectivity index (χ4n) is 4.60. The Morgan fingerprint density at radius 2 is 1.88 bits per heavy atom. The van der Waals surface area contributed by atoms with E-state index in [1.807, 2.05) is 23.7 Å². The molecule has 0 radical (unpaired) electrons. The van der Waals surface area contributed by atoms with Crippen molar-refractivity contribution in [2.24, 2.45) is 7.05 Å². The van der Waals surface area contributed by atoms with Crippen LogP contribution in [0.3, 0.4) is 0 Å². The molecule has 0 unspecified atom stereocenters. The summed E-state index contributed by atoms with van der Waals surface area (Å²) in [6.07, 6.45) is 2.11. The van der Waals surface area contributed by atoms with Gasteiger partial charge in [-0.25, -0.2) is 0 Å². The van der Waals surface area contributed by atoms with Crippen LogP contribution in [-0.2, 0) is 17.2 Å². The van der Waals surface area contributed by atoms with Crippen molar-refractivity contribution in [1.82, 2.24) is 25.0 Å². The standard InChI is InChI=1S/C25H28ClN5O2/c1-30-22(28-29-24(30)25(9-10-25)19-5-3-2-4-6-19)20-8-7-18(17-21(20)26)23(32)27-11-12-31-13-15-33-16-14-31/h2-8,17H,9-16H2,1H3,(H,27,32).